The molecule has 0 atom stereocenters. The highest BCUT2D eigenvalue weighted by atomic mass is 79.9. The van der Waals surface area contributed by atoms with Crippen LogP contribution >= 0.6 is 39.1 Å². The van der Waals surface area contributed by atoms with E-state index in [1.807, 2.05) is 18.2 Å². The van der Waals surface area contributed by atoms with Gasteiger partial charge in [0.15, 0.2) is 5.78 Å². The molecule has 4 rings (SSSR count). The van der Waals surface area contributed by atoms with Gasteiger partial charge in [-0.1, -0.05) is 45.2 Å². The number of aromatic nitrogens is 1. The number of hydrogen-bond acceptors (Lipinski definition) is 3. The number of nitrogens with zero attached hydrogens (tertiary/aromatic N) is 1. The molecule has 0 saturated carbocycles. The van der Waals surface area contributed by atoms with Crippen molar-refractivity contribution in [2.24, 2.45) is 0 Å². The molecule has 0 aliphatic rings. The van der Waals surface area contributed by atoms with E-state index >= 15 is 0 Å². The minimum atomic E-state index is -0.581. The number of carbonyl (C=O) groups is 2. The molecular weight excluding hydrogens is 501 g/mol. The van der Waals surface area contributed by atoms with E-state index < -0.39 is 5.97 Å². The van der Waals surface area contributed by atoms with Crippen LogP contribution in [0.4, 0.5) is 0 Å². The Morgan fingerprint density at radius 2 is 1.55 bits per heavy atom. The molecule has 0 unspecified atom stereocenters. The van der Waals surface area contributed by atoms with Gasteiger partial charge in [-0.2, -0.15) is 0 Å². The van der Waals surface area contributed by atoms with E-state index in [4.69, 9.17) is 27.9 Å². The normalized spacial score (nSPS) is 11.0. The van der Waals surface area contributed by atoms with Crippen molar-refractivity contribution in [3.05, 3.63) is 98.1 Å². The van der Waals surface area contributed by atoms with Crippen LogP contribution in [0.15, 0.2) is 71.2 Å². The van der Waals surface area contributed by atoms with E-state index in [0.717, 1.165) is 4.47 Å². The first-order chi connectivity index (χ1) is 14.9. The lowest BCUT2D eigenvalue weighted by molar-refractivity contribution is 0.0514. The molecule has 31 heavy (non-hydrogen) atoms. The number of ketones is 1. The molecule has 156 valence electrons. The summed E-state index contributed by atoms with van der Waals surface area (Å²) in [5.41, 5.74) is 2.24. The van der Waals surface area contributed by atoms with Crippen molar-refractivity contribution in [1.29, 1.82) is 0 Å². The average Bonchev–Trinajstić information content (AvgIpc) is 3.09. The first-order valence-corrected chi connectivity index (χ1v) is 11.0. The summed E-state index contributed by atoms with van der Waals surface area (Å²) in [7, 11) is 0. The molecule has 4 aromatic rings. The Kier molecular flexibility index (Phi) is 6.19. The van der Waals surface area contributed by atoms with Gasteiger partial charge in [0, 0.05) is 31.2 Å². The number of halogens is 3. The zero-order valence-electron chi connectivity index (χ0n) is 16.4. The molecule has 0 spiro atoms. The van der Waals surface area contributed by atoms with Crippen molar-refractivity contribution >= 4 is 61.8 Å². The maximum atomic E-state index is 13.6. The number of rotatable bonds is 5. The predicted octanol–water partition coefficient (Wildman–Crippen LogP) is 7.11. The van der Waals surface area contributed by atoms with E-state index in [1.54, 1.807) is 60.0 Å². The summed E-state index contributed by atoms with van der Waals surface area (Å²) in [6.45, 7) is 1.91. The number of fused-ring (bicyclic) bond motifs is 1. The molecule has 0 radical (unpaired) electrons. The largest absolute Gasteiger partial charge is 0.461 e. The summed E-state index contributed by atoms with van der Waals surface area (Å²) >= 11 is 15.6. The van der Waals surface area contributed by atoms with Gasteiger partial charge in [0.05, 0.1) is 17.7 Å². The van der Waals surface area contributed by atoms with Crippen molar-refractivity contribution in [3.63, 3.8) is 0 Å². The molecule has 4 nitrogen and oxygen atoms in total. The summed E-state index contributed by atoms with van der Waals surface area (Å²) in [5.74, 6) is -0.873. The molecule has 0 bridgehead atoms. The SMILES string of the molecule is CCOC(=O)c1c(C(=O)c2ccc(Cl)cc2)c2ccc(Br)cc2n1-c1ccc(Cl)cc1. The summed E-state index contributed by atoms with van der Waals surface area (Å²) in [6, 6.07) is 19.1. The highest BCUT2D eigenvalue weighted by Gasteiger charge is 2.29. The van der Waals surface area contributed by atoms with Gasteiger partial charge in [-0.15, -0.1) is 0 Å². The first kappa shape index (κ1) is 21.6. The minimum Gasteiger partial charge on any atom is -0.461 e. The highest BCUT2D eigenvalue weighted by Crippen LogP contribution is 2.34. The molecule has 0 aliphatic carbocycles. The predicted molar refractivity (Wildman–Crippen MR) is 127 cm³/mol. The van der Waals surface area contributed by atoms with Crippen LogP contribution in [0, 0.1) is 0 Å². The van der Waals surface area contributed by atoms with Crippen LogP contribution in [-0.2, 0) is 4.74 Å². The number of benzene rings is 3. The van der Waals surface area contributed by atoms with E-state index in [9.17, 15) is 9.59 Å². The fraction of sp³-hybridized carbons (Fsp3) is 0.0833. The van der Waals surface area contributed by atoms with Crippen LogP contribution in [0.25, 0.3) is 16.6 Å². The molecule has 0 aliphatic heterocycles. The smallest absolute Gasteiger partial charge is 0.356 e. The molecule has 0 amide bonds. The molecule has 0 saturated heterocycles. The minimum absolute atomic E-state index is 0.164. The lowest BCUT2D eigenvalue weighted by Gasteiger charge is -2.12. The fourth-order valence-corrected chi connectivity index (χ4v) is 4.09. The van der Waals surface area contributed by atoms with Gasteiger partial charge in [0.1, 0.15) is 5.69 Å². The number of hydrogen-bond donors (Lipinski definition) is 0. The number of carbonyl (C=O) groups excluding carboxylic acids is 2. The Morgan fingerprint density at radius 3 is 2.16 bits per heavy atom. The lowest BCUT2D eigenvalue weighted by Crippen LogP contribution is -2.16. The second-order valence-electron chi connectivity index (χ2n) is 6.75. The Hall–Kier alpha value is -2.60. The van der Waals surface area contributed by atoms with Gasteiger partial charge in [0.25, 0.3) is 0 Å². The summed E-state index contributed by atoms with van der Waals surface area (Å²) in [6.07, 6.45) is 0. The maximum absolute atomic E-state index is 13.6. The molecule has 0 N–H and O–H groups in total. The van der Waals surface area contributed by atoms with Crippen LogP contribution < -0.4 is 0 Å². The summed E-state index contributed by atoms with van der Waals surface area (Å²) in [4.78, 5) is 26.7. The molecule has 0 fully saturated rings. The first-order valence-electron chi connectivity index (χ1n) is 9.48. The molecule has 1 heterocycles. The van der Waals surface area contributed by atoms with Crippen LogP contribution in [0.3, 0.4) is 0 Å². The Bertz CT molecular complexity index is 1300. The van der Waals surface area contributed by atoms with Gasteiger partial charge < -0.3 is 9.30 Å². The van der Waals surface area contributed by atoms with Gasteiger partial charge in [-0.3, -0.25) is 4.79 Å². The van der Waals surface area contributed by atoms with Crippen molar-refractivity contribution in [1.82, 2.24) is 4.57 Å². The highest BCUT2D eigenvalue weighted by molar-refractivity contribution is 9.10. The lowest BCUT2D eigenvalue weighted by atomic mass is 10.00. The third-order valence-electron chi connectivity index (χ3n) is 4.82. The Balaban J connectivity index is 2.08. The maximum Gasteiger partial charge on any atom is 0.356 e. The average molecular weight is 517 g/mol. The zero-order chi connectivity index (χ0) is 22.1. The second-order valence-corrected chi connectivity index (χ2v) is 8.54. The van der Waals surface area contributed by atoms with E-state index in [2.05, 4.69) is 15.9 Å². The van der Waals surface area contributed by atoms with Gasteiger partial charge in [-0.25, -0.2) is 4.79 Å². The van der Waals surface area contributed by atoms with E-state index in [0.29, 0.717) is 32.2 Å². The van der Waals surface area contributed by atoms with Crippen LogP contribution in [0.1, 0.15) is 33.3 Å². The molecule has 7 heteroatoms. The summed E-state index contributed by atoms with van der Waals surface area (Å²) < 4.78 is 7.90. The second kappa shape index (κ2) is 8.87. The topological polar surface area (TPSA) is 48.3 Å². The van der Waals surface area contributed by atoms with E-state index in [1.165, 1.54) is 0 Å². The van der Waals surface area contributed by atoms with Crippen molar-refractivity contribution < 1.29 is 14.3 Å². The standard InChI is InChI=1S/C24H16BrCl2NO3/c1-2-31-24(30)22-21(23(29)14-3-6-16(26)7-4-14)19-12-5-15(25)13-20(19)28(22)18-10-8-17(27)9-11-18/h3-13H,2H2,1H3. The van der Waals surface area contributed by atoms with Crippen molar-refractivity contribution in [2.45, 2.75) is 6.92 Å². The zero-order valence-corrected chi connectivity index (χ0v) is 19.5. The molecule has 1 aromatic heterocycles. The summed E-state index contributed by atoms with van der Waals surface area (Å²) in [5, 5.41) is 1.73. The Morgan fingerprint density at radius 1 is 0.935 bits per heavy atom. The van der Waals surface area contributed by atoms with Gasteiger partial charge in [0.2, 0.25) is 0 Å². The van der Waals surface area contributed by atoms with Crippen LogP contribution in [-0.4, -0.2) is 22.9 Å². The Labute approximate surface area is 197 Å². The van der Waals surface area contributed by atoms with Gasteiger partial charge in [-0.05, 0) is 67.6 Å². The third kappa shape index (κ3) is 4.13. The van der Waals surface area contributed by atoms with E-state index in [-0.39, 0.29) is 23.6 Å². The monoisotopic (exact) mass is 515 g/mol. The number of esters is 1. The van der Waals surface area contributed by atoms with Crippen molar-refractivity contribution in [2.75, 3.05) is 6.61 Å². The third-order valence-corrected chi connectivity index (χ3v) is 5.81. The quantitative estimate of drug-likeness (QED) is 0.210. The molecular formula is C24H16BrCl2NO3. The molecule has 3 aromatic carbocycles. The van der Waals surface area contributed by atoms with Crippen molar-refractivity contribution in [3.8, 4) is 5.69 Å². The van der Waals surface area contributed by atoms with Crippen LogP contribution in [0.5, 0.6) is 0 Å². The van der Waals surface area contributed by atoms with Gasteiger partial charge >= 0.3 is 5.97 Å². The fourth-order valence-electron chi connectivity index (χ4n) is 3.49. The number of ether oxygens (including phenoxy) is 1. The van der Waals surface area contributed by atoms with Crippen LogP contribution in [0.2, 0.25) is 10.0 Å².